The van der Waals surface area contributed by atoms with Crippen LogP contribution < -0.4 is 0 Å². The molecular formula is C12H12ClN3O2. The zero-order valence-corrected chi connectivity index (χ0v) is 10.7. The van der Waals surface area contributed by atoms with E-state index < -0.39 is 0 Å². The van der Waals surface area contributed by atoms with E-state index in [0.29, 0.717) is 15.9 Å². The maximum atomic E-state index is 11.4. The number of halogens is 1. The Morgan fingerprint density at radius 1 is 1.44 bits per heavy atom. The predicted octanol–water partition coefficient (Wildman–Crippen LogP) is 3.79. The molecule has 1 aromatic carbocycles. The molecule has 1 heterocycles. The maximum Gasteiger partial charge on any atom is 0.267 e. The van der Waals surface area contributed by atoms with E-state index in [-0.39, 0.29) is 23.4 Å². The highest BCUT2D eigenvalue weighted by Gasteiger charge is 2.12. The summed E-state index contributed by atoms with van der Waals surface area (Å²) in [5.74, 6) is -0.706. The molecular weight excluding hydrogens is 254 g/mol. The van der Waals surface area contributed by atoms with Crippen molar-refractivity contribution in [3.63, 3.8) is 0 Å². The molecule has 2 N–H and O–H groups in total. The normalized spacial score (nSPS) is 11.8. The van der Waals surface area contributed by atoms with Crippen LogP contribution in [0.3, 0.4) is 0 Å². The van der Waals surface area contributed by atoms with Gasteiger partial charge in [0.1, 0.15) is 0 Å². The summed E-state index contributed by atoms with van der Waals surface area (Å²) in [6.07, 6.45) is 0. The number of amides is 1. The molecule has 1 amide bonds. The first-order valence-electron chi connectivity index (χ1n) is 5.45. The number of aromatic hydroxyl groups is 1. The van der Waals surface area contributed by atoms with Gasteiger partial charge in [0.25, 0.3) is 5.91 Å². The van der Waals surface area contributed by atoms with Crippen molar-refractivity contribution in [1.29, 1.82) is 0 Å². The minimum Gasteiger partial charge on any atom is -0.493 e. The zero-order chi connectivity index (χ0) is 13.3. The molecule has 0 aliphatic heterocycles. The van der Waals surface area contributed by atoms with Crippen LogP contribution in [0, 0.1) is 5.92 Å². The number of carbonyl (C=O) groups excluding carboxylic acids is 1. The lowest BCUT2D eigenvalue weighted by atomic mass is 10.2. The van der Waals surface area contributed by atoms with Crippen molar-refractivity contribution in [1.82, 2.24) is 4.98 Å². The number of nitrogens with one attached hydrogen (secondary N) is 1. The zero-order valence-electron chi connectivity index (χ0n) is 9.94. The molecule has 0 unspecified atom stereocenters. The van der Waals surface area contributed by atoms with Crippen LogP contribution >= 0.6 is 11.6 Å². The van der Waals surface area contributed by atoms with E-state index in [1.807, 2.05) is 0 Å². The summed E-state index contributed by atoms with van der Waals surface area (Å²) in [6.45, 7) is 3.46. The van der Waals surface area contributed by atoms with Crippen LogP contribution in [-0.2, 0) is 4.79 Å². The topological polar surface area (TPSA) is 77.8 Å². The van der Waals surface area contributed by atoms with E-state index in [0.717, 1.165) is 0 Å². The standard InChI is InChI=1S/C12H12ClN3O2/c1-6(2)11(17)16-15-10-8-5-7(13)3-4-9(8)14-12(10)18/h3-6,14,18H,1-2H3. The van der Waals surface area contributed by atoms with Crippen LogP contribution in [0.25, 0.3) is 10.9 Å². The number of nitrogens with zero attached hydrogens (tertiary/aromatic N) is 2. The molecule has 0 aliphatic rings. The molecule has 0 saturated heterocycles. The number of H-pyrrole nitrogens is 1. The summed E-state index contributed by atoms with van der Waals surface area (Å²) in [5, 5.41) is 18.2. The van der Waals surface area contributed by atoms with Crippen molar-refractivity contribution in [3.05, 3.63) is 23.2 Å². The Morgan fingerprint density at radius 2 is 2.17 bits per heavy atom. The van der Waals surface area contributed by atoms with Crippen molar-refractivity contribution in [2.24, 2.45) is 16.1 Å². The summed E-state index contributed by atoms with van der Waals surface area (Å²) in [5.41, 5.74) is 0.907. The number of carbonyl (C=O) groups is 1. The van der Waals surface area contributed by atoms with Crippen molar-refractivity contribution < 1.29 is 9.90 Å². The first-order valence-corrected chi connectivity index (χ1v) is 5.82. The van der Waals surface area contributed by atoms with Gasteiger partial charge in [-0.1, -0.05) is 25.4 Å². The van der Waals surface area contributed by atoms with Crippen molar-refractivity contribution >= 4 is 34.1 Å². The lowest BCUT2D eigenvalue weighted by molar-refractivity contribution is -0.121. The highest BCUT2D eigenvalue weighted by molar-refractivity contribution is 6.31. The van der Waals surface area contributed by atoms with Crippen LogP contribution in [0.5, 0.6) is 5.88 Å². The fourth-order valence-electron chi connectivity index (χ4n) is 1.45. The molecule has 0 atom stereocenters. The lowest BCUT2D eigenvalue weighted by Crippen LogP contribution is -2.01. The largest absolute Gasteiger partial charge is 0.493 e. The second-order valence-electron chi connectivity index (χ2n) is 4.21. The van der Waals surface area contributed by atoms with Crippen LogP contribution in [0.4, 0.5) is 5.69 Å². The Bertz CT molecular complexity index is 632. The van der Waals surface area contributed by atoms with Crippen molar-refractivity contribution in [2.45, 2.75) is 13.8 Å². The maximum absolute atomic E-state index is 11.4. The van der Waals surface area contributed by atoms with Gasteiger partial charge in [0.15, 0.2) is 5.69 Å². The minimum absolute atomic E-state index is 0.132. The fourth-order valence-corrected chi connectivity index (χ4v) is 1.62. The number of azo groups is 1. The lowest BCUT2D eigenvalue weighted by Gasteiger charge is -1.95. The third-order valence-corrected chi connectivity index (χ3v) is 2.69. The molecule has 5 nitrogen and oxygen atoms in total. The molecule has 0 saturated carbocycles. The smallest absolute Gasteiger partial charge is 0.267 e. The highest BCUT2D eigenvalue weighted by atomic mass is 35.5. The Balaban J connectivity index is 2.47. The third kappa shape index (κ3) is 2.36. The number of rotatable bonds is 2. The van der Waals surface area contributed by atoms with Gasteiger partial charge in [0.05, 0.1) is 5.52 Å². The number of benzene rings is 1. The first-order chi connectivity index (χ1) is 8.49. The van der Waals surface area contributed by atoms with Gasteiger partial charge < -0.3 is 10.1 Å². The molecule has 0 fully saturated rings. The van der Waals surface area contributed by atoms with Crippen LogP contribution in [0.2, 0.25) is 5.02 Å². The van der Waals surface area contributed by atoms with E-state index in [9.17, 15) is 9.90 Å². The summed E-state index contributed by atoms with van der Waals surface area (Å²) in [7, 11) is 0. The molecule has 1 aromatic heterocycles. The third-order valence-electron chi connectivity index (χ3n) is 2.46. The van der Waals surface area contributed by atoms with E-state index in [4.69, 9.17) is 11.6 Å². The monoisotopic (exact) mass is 265 g/mol. The molecule has 0 bridgehead atoms. The Labute approximate surface area is 108 Å². The molecule has 0 aliphatic carbocycles. The average Bonchev–Trinajstić information content (AvgIpc) is 2.61. The quantitative estimate of drug-likeness (QED) is 0.810. The van der Waals surface area contributed by atoms with Crippen molar-refractivity contribution in [2.75, 3.05) is 0 Å². The fraction of sp³-hybridized carbons (Fsp3) is 0.250. The Hall–Kier alpha value is -1.88. The SMILES string of the molecule is CC(C)C(=O)N=Nc1c(O)[nH]c2ccc(Cl)cc12. The number of fused-ring (bicyclic) bond motifs is 1. The number of hydrogen-bond acceptors (Lipinski definition) is 3. The molecule has 6 heteroatoms. The van der Waals surface area contributed by atoms with E-state index in [2.05, 4.69) is 15.2 Å². The van der Waals surface area contributed by atoms with E-state index >= 15 is 0 Å². The van der Waals surface area contributed by atoms with Gasteiger partial charge in [-0.25, -0.2) is 0 Å². The molecule has 18 heavy (non-hydrogen) atoms. The summed E-state index contributed by atoms with van der Waals surface area (Å²) in [6, 6.07) is 5.07. The summed E-state index contributed by atoms with van der Waals surface area (Å²) in [4.78, 5) is 14.1. The second kappa shape index (κ2) is 4.78. The summed E-state index contributed by atoms with van der Waals surface area (Å²) >= 11 is 5.88. The van der Waals surface area contributed by atoms with Crippen molar-refractivity contribution in [3.8, 4) is 5.88 Å². The van der Waals surface area contributed by atoms with Gasteiger partial charge >= 0.3 is 0 Å². The van der Waals surface area contributed by atoms with Gasteiger partial charge in [0, 0.05) is 16.3 Å². The number of hydrogen-bond donors (Lipinski definition) is 2. The second-order valence-corrected chi connectivity index (χ2v) is 4.64. The van der Waals surface area contributed by atoms with Gasteiger partial charge in [-0.3, -0.25) is 4.79 Å². The van der Waals surface area contributed by atoms with Gasteiger partial charge in [-0.05, 0) is 18.2 Å². The molecule has 0 spiro atoms. The molecule has 2 rings (SSSR count). The van der Waals surface area contributed by atoms with Crippen LogP contribution in [0.15, 0.2) is 28.4 Å². The molecule has 94 valence electrons. The Morgan fingerprint density at radius 3 is 2.83 bits per heavy atom. The number of aromatic nitrogens is 1. The van der Waals surface area contributed by atoms with Gasteiger partial charge in [-0.2, -0.15) is 0 Å². The Kier molecular flexibility index (Phi) is 3.34. The predicted molar refractivity (Wildman–Crippen MR) is 69.3 cm³/mol. The highest BCUT2D eigenvalue weighted by Crippen LogP contribution is 2.36. The van der Waals surface area contributed by atoms with Gasteiger partial charge in [-0.15, -0.1) is 10.2 Å². The average molecular weight is 266 g/mol. The van der Waals surface area contributed by atoms with E-state index in [1.54, 1.807) is 32.0 Å². The number of aromatic amines is 1. The first kappa shape index (κ1) is 12.6. The molecule has 0 radical (unpaired) electrons. The molecule has 2 aromatic rings. The minimum atomic E-state index is -0.342. The summed E-state index contributed by atoms with van der Waals surface area (Å²) < 4.78 is 0. The van der Waals surface area contributed by atoms with Crippen LogP contribution in [0.1, 0.15) is 13.8 Å². The van der Waals surface area contributed by atoms with Crippen LogP contribution in [-0.4, -0.2) is 16.0 Å². The van der Waals surface area contributed by atoms with E-state index in [1.165, 1.54) is 0 Å². The van der Waals surface area contributed by atoms with Gasteiger partial charge in [0.2, 0.25) is 5.88 Å².